The number of fused-ring (bicyclic) bond motifs is 1. The molecule has 0 spiro atoms. The Kier molecular flexibility index (Phi) is 6.06. The number of carbonyl (C=O) groups excluding carboxylic acids is 2. The van der Waals surface area contributed by atoms with Crippen LogP contribution in [0.3, 0.4) is 0 Å². The summed E-state index contributed by atoms with van der Waals surface area (Å²) in [5.41, 5.74) is 4.38. The highest BCUT2D eigenvalue weighted by Crippen LogP contribution is 2.19. The van der Waals surface area contributed by atoms with E-state index in [0.29, 0.717) is 18.2 Å². The first-order chi connectivity index (χ1) is 14.2. The summed E-state index contributed by atoms with van der Waals surface area (Å²) >= 11 is 0. The van der Waals surface area contributed by atoms with Crippen molar-refractivity contribution in [3.63, 3.8) is 0 Å². The molecule has 0 unspecified atom stereocenters. The molecule has 2 aliphatic rings. The third kappa shape index (κ3) is 5.55. The molecule has 2 aromatic rings. The van der Waals surface area contributed by atoms with Gasteiger partial charge in [0.15, 0.2) is 0 Å². The summed E-state index contributed by atoms with van der Waals surface area (Å²) in [5.74, 6) is -0.126. The topological polar surface area (TPSA) is 61.4 Å². The monoisotopic (exact) mass is 389 g/mol. The van der Waals surface area contributed by atoms with Crippen LogP contribution in [-0.2, 0) is 17.8 Å². The zero-order chi connectivity index (χ0) is 20.1. The van der Waals surface area contributed by atoms with Crippen LogP contribution in [0.15, 0.2) is 54.6 Å². The summed E-state index contributed by atoms with van der Waals surface area (Å²) in [6.45, 7) is 3.45. The smallest absolute Gasteiger partial charge is 0.251 e. The van der Waals surface area contributed by atoms with Gasteiger partial charge in [-0.05, 0) is 54.2 Å². The second-order valence-corrected chi connectivity index (χ2v) is 7.79. The number of amides is 2. The molecule has 1 aliphatic carbocycles. The van der Waals surface area contributed by atoms with Crippen molar-refractivity contribution in [2.45, 2.75) is 31.8 Å². The lowest BCUT2D eigenvalue weighted by Crippen LogP contribution is -2.37. The van der Waals surface area contributed by atoms with Gasteiger partial charge < -0.3 is 10.6 Å². The molecule has 1 saturated carbocycles. The van der Waals surface area contributed by atoms with Crippen molar-refractivity contribution in [3.8, 4) is 0 Å². The highest BCUT2D eigenvalue weighted by molar-refractivity contribution is 5.95. The van der Waals surface area contributed by atoms with Crippen LogP contribution in [0.5, 0.6) is 0 Å². The molecule has 0 saturated heterocycles. The van der Waals surface area contributed by atoms with E-state index in [0.717, 1.165) is 44.5 Å². The highest BCUT2D eigenvalue weighted by atomic mass is 16.2. The van der Waals surface area contributed by atoms with Crippen LogP contribution in [0.25, 0.3) is 6.08 Å². The molecule has 0 radical (unpaired) electrons. The van der Waals surface area contributed by atoms with Gasteiger partial charge in [-0.1, -0.05) is 36.4 Å². The minimum atomic E-state index is -0.0991. The lowest BCUT2D eigenvalue weighted by atomic mass is 10.00. The molecular weight excluding hydrogens is 362 g/mol. The molecule has 150 valence electrons. The number of hydrogen-bond acceptors (Lipinski definition) is 3. The van der Waals surface area contributed by atoms with Crippen LogP contribution in [0.4, 0.5) is 0 Å². The Balaban J connectivity index is 1.19. The fourth-order valence-electron chi connectivity index (χ4n) is 3.56. The van der Waals surface area contributed by atoms with E-state index in [1.165, 1.54) is 11.1 Å². The molecule has 1 aliphatic heterocycles. The number of carbonyl (C=O) groups is 2. The molecule has 1 fully saturated rings. The minimum absolute atomic E-state index is 0.0268. The van der Waals surface area contributed by atoms with E-state index in [1.54, 1.807) is 24.3 Å². The third-order valence-corrected chi connectivity index (χ3v) is 5.45. The van der Waals surface area contributed by atoms with E-state index < -0.39 is 0 Å². The van der Waals surface area contributed by atoms with Gasteiger partial charge in [0.1, 0.15) is 0 Å². The number of nitrogens with zero attached hydrogens (tertiary/aromatic N) is 1. The minimum Gasteiger partial charge on any atom is -0.351 e. The zero-order valence-corrected chi connectivity index (χ0v) is 16.6. The van der Waals surface area contributed by atoms with Gasteiger partial charge in [-0.3, -0.25) is 14.5 Å². The lowest BCUT2D eigenvalue weighted by Gasteiger charge is -2.28. The molecule has 2 amide bonds. The van der Waals surface area contributed by atoms with E-state index in [-0.39, 0.29) is 11.8 Å². The van der Waals surface area contributed by atoms with Crippen molar-refractivity contribution in [2.24, 2.45) is 0 Å². The molecule has 29 heavy (non-hydrogen) atoms. The predicted molar refractivity (Wildman–Crippen MR) is 114 cm³/mol. The van der Waals surface area contributed by atoms with Gasteiger partial charge in [0.2, 0.25) is 5.91 Å². The molecule has 2 aromatic carbocycles. The van der Waals surface area contributed by atoms with Crippen LogP contribution in [0, 0.1) is 0 Å². The van der Waals surface area contributed by atoms with Crippen molar-refractivity contribution in [3.05, 3.63) is 76.9 Å². The van der Waals surface area contributed by atoms with Gasteiger partial charge in [-0.2, -0.15) is 0 Å². The van der Waals surface area contributed by atoms with Crippen LogP contribution in [0.1, 0.15) is 39.9 Å². The zero-order valence-electron chi connectivity index (χ0n) is 16.6. The van der Waals surface area contributed by atoms with E-state index in [1.807, 2.05) is 12.1 Å². The first-order valence-corrected chi connectivity index (χ1v) is 10.3. The van der Waals surface area contributed by atoms with E-state index in [4.69, 9.17) is 0 Å². The van der Waals surface area contributed by atoms with Crippen molar-refractivity contribution in [1.82, 2.24) is 15.5 Å². The summed E-state index contributed by atoms with van der Waals surface area (Å²) in [4.78, 5) is 26.4. The summed E-state index contributed by atoms with van der Waals surface area (Å²) < 4.78 is 0. The Morgan fingerprint density at radius 3 is 2.55 bits per heavy atom. The van der Waals surface area contributed by atoms with Gasteiger partial charge in [0, 0.05) is 43.9 Å². The quantitative estimate of drug-likeness (QED) is 0.716. The second kappa shape index (κ2) is 9.05. The first-order valence-electron chi connectivity index (χ1n) is 10.3. The maximum absolute atomic E-state index is 12.1. The maximum atomic E-state index is 12.1. The summed E-state index contributed by atoms with van der Waals surface area (Å²) in [5, 5.41) is 5.92. The second-order valence-electron chi connectivity index (χ2n) is 7.79. The number of benzene rings is 2. The largest absolute Gasteiger partial charge is 0.351 e. The summed E-state index contributed by atoms with van der Waals surface area (Å²) in [7, 11) is 0. The van der Waals surface area contributed by atoms with Crippen LogP contribution < -0.4 is 10.6 Å². The third-order valence-electron chi connectivity index (χ3n) is 5.45. The Morgan fingerprint density at radius 1 is 1.03 bits per heavy atom. The first kappa shape index (κ1) is 19.4. The molecule has 0 bridgehead atoms. The van der Waals surface area contributed by atoms with Crippen LogP contribution in [0.2, 0.25) is 0 Å². The molecule has 2 N–H and O–H groups in total. The Morgan fingerprint density at radius 2 is 1.79 bits per heavy atom. The van der Waals surface area contributed by atoms with Crippen molar-refractivity contribution >= 4 is 17.9 Å². The van der Waals surface area contributed by atoms with E-state index in [2.05, 4.69) is 39.8 Å². The van der Waals surface area contributed by atoms with Crippen molar-refractivity contribution in [1.29, 1.82) is 0 Å². The van der Waals surface area contributed by atoms with Crippen LogP contribution in [-0.4, -0.2) is 42.4 Å². The molecule has 4 rings (SSSR count). The van der Waals surface area contributed by atoms with E-state index >= 15 is 0 Å². The predicted octanol–water partition coefficient (Wildman–Crippen LogP) is 2.77. The molecular formula is C24H27N3O2. The fraction of sp³-hybridized carbons (Fsp3) is 0.333. The van der Waals surface area contributed by atoms with Gasteiger partial charge in [0.05, 0.1) is 0 Å². The van der Waals surface area contributed by atoms with Crippen molar-refractivity contribution in [2.75, 3.05) is 19.6 Å². The highest BCUT2D eigenvalue weighted by Gasteiger charge is 2.23. The maximum Gasteiger partial charge on any atom is 0.251 e. The normalized spacial score (nSPS) is 16.4. The summed E-state index contributed by atoms with van der Waals surface area (Å²) in [6.07, 6.45) is 6.54. The molecule has 0 atom stereocenters. The molecule has 5 nitrogen and oxygen atoms in total. The number of nitrogens with one attached hydrogen (secondary N) is 2. The molecule has 1 heterocycles. The molecule has 5 heteroatoms. The lowest BCUT2D eigenvalue weighted by molar-refractivity contribution is -0.116. The van der Waals surface area contributed by atoms with Gasteiger partial charge in [-0.15, -0.1) is 0 Å². The average molecular weight is 389 g/mol. The number of hydrogen-bond donors (Lipinski definition) is 2. The SMILES string of the molecule is O=C(/C=C/c1ccc(C(=O)NC2CC2)cc1)NCCN1CCc2ccccc2C1. The van der Waals surface area contributed by atoms with Crippen LogP contribution >= 0.6 is 0 Å². The Labute approximate surface area is 171 Å². The standard InChI is InChI=1S/C24H27N3O2/c28-23(25-14-16-27-15-13-19-3-1-2-4-21(19)17-27)12-7-18-5-8-20(9-6-18)24(29)26-22-10-11-22/h1-9,12,22H,10-11,13-17H2,(H,25,28)(H,26,29)/b12-7+. The Hall–Kier alpha value is -2.92. The number of rotatable bonds is 7. The molecule has 0 aromatic heterocycles. The van der Waals surface area contributed by atoms with Gasteiger partial charge in [-0.25, -0.2) is 0 Å². The average Bonchev–Trinajstić information content (AvgIpc) is 3.56. The fourth-order valence-corrected chi connectivity index (χ4v) is 3.56. The Bertz CT molecular complexity index is 901. The van der Waals surface area contributed by atoms with E-state index in [9.17, 15) is 9.59 Å². The van der Waals surface area contributed by atoms with Gasteiger partial charge in [0.25, 0.3) is 5.91 Å². The van der Waals surface area contributed by atoms with Crippen molar-refractivity contribution < 1.29 is 9.59 Å². The van der Waals surface area contributed by atoms with Gasteiger partial charge >= 0.3 is 0 Å². The summed E-state index contributed by atoms with van der Waals surface area (Å²) in [6, 6.07) is 16.2.